The molecule has 23 heavy (non-hydrogen) atoms. The van der Waals surface area contributed by atoms with Crippen molar-refractivity contribution >= 4 is 45.6 Å². The molecule has 0 radical (unpaired) electrons. The van der Waals surface area contributed by atoms with Crippen molar-refractivity contribution in [2.24, 2.45) is 11.7 Å². The monoisotopic (exact) mass is 414 g/mol. The zero-order valence-electron chi connectivity index (χ0n) is 12.7. The van der Waals surface area contributed by atoms with Crippen LogP contribution in [0.1, 0.15) is 16.4 Å². The summed E-state index contributed by atoms with van der Waals surface area (Å²) in [7, 11) is 0. The number of carbonyl (C=O) groups is 1. The Kier molecular flexibility index (Phi) is 6.65. The topological polar surface area (TPSA) is 46.3 Å². The largest absolute Gasteiger partial charge is 0.341 e. The van der Waals surface area contributed by atoms with Crippen molar-refractivity contribution in [3.05, 3.63) is 56.7 Å². The number of amides is 1. The molecule has 1 aliphatic heterocycles. The van der Waals surface area contributed by atoms with Crippen molar-refractivity contribution in [3.63, 3.8) is 0 Å². The number of carbonyl (C=O) groups excluding carboxylic acids is 1. The van der Waals surface area contributed by atoms with E-state index in [2.05, 4.69) is 40.2 Å². The Bertz CT molecular complexity index is 649. The third kappa shape index (κ3) is 4.35. The zero-order valence-corrected chi connectivity index (χ0v) is 15.9. The van der Waals surface area contributed by atoms with E-state index in [1.165, 1.54) is 5.56 Å². The molecule has 2 aromatic rings. The van der Waals surface area contributed by atoms with E-state index in [1.54, 1.807) is 11.3 Å². The molecule has 1 saturated heterocycles. The van der Waals surface area contributed by atoms with E-state index in [0.29, 0.717) is 24.8 Å². The number of nitrogens with zero attached hydrogens (tertiary/aromatic N) is 1. The van der Waals surface area contributed by atoms with Gasteiger partial charge in [0.1, 0.15) is 0 Å². The quantitative estimate of drug-likeness (QED) is 0.828. The molecule has 0 saturated carbocycles. The maximum Gasteiger partial charge on any atom is 0.227 e. The van der Waals surface area contributed by atoms with Crippen molar-refractivity contribution in [2.75, 3.05) is 19.6 Å². The summed E-state index contributed by atoms with van der Waals surface area (Å²) in [6, 6.07) is 14.4. The second-order valence-corrected chi connectivity index (χ2v) is 8.24. The number of rotatable bonds is 4. The Balaban J connectivity index is 0.00000192. The third-order valence-electron chi connectivity index (χ3n) is 4.28. The second-order valence-electron chi connectivity index (χ2n) is 5.69. The van der Waals surface area contributed by atoms with Crippen LogP contribution in [0.15, 0.2) is 46.3 Å². The number of nitrogens with two attached hydrogens (primary N) is 1. The lowest BCUT2D eigenvalue weighted by Gasteiger charge is -2.16. The van der Waals surface area contributed by atoms with Crippen molar-refractivity contribution < 1.29 is 4.79 Å². The van der Waals surface area contributed by atoms with Crippen molar-refractivity contribution in [2.45, 2.75) is 12.3 Å². The minimum absolute atomic E-state index is 0. The fourth-order valence-corrected chi connectivity index (χ4v) is 4.57. The standard InChI is InChI=1S/C17H19BrN2OS.ClH/c18-16-7-6-14(22-16)8-17(21)20-10-13(9-19)15(11-20)12-4-2-1-3-5-12;/h1-7,13,15H,8-11,19H2;1H/t13-,15+;/m1./s1. The molecule has 2 heterocycles. The van der Waals surface area contributed by atoms with Gasteiger partial charge in [-0.3, -0.25) is 4.79 Å². The van der Waals surface area contributed by atoms with Gasteiger partial charge in [-0.15, -0.1) is 23.7 Å². The second kappa shape index (κ2) is 8.29. The molecule has 6 heteroatoms. The van der Waals surface area contributed by atoms with Gasteiger partial charge in [0, 0.05) is 23.9 Å². The Morgan fingerprint density at radius 3 is 2.57 bits per heavy atom. The molecule has 0 unspecified atom stereocenters. The molecule has 1 aromatic heterocycles. The highest BCUT2D eigenvalue weighted by atomic mass is 79.9. The van der Waals surface area contributed by atoms with Gasteiger partial charge in [-0.2, -0.15) is 0 Å². The Morgan fingerprint density at radius 2 is 1.96 bits per heavy atom. The number of halogens is 2. The molecular formula is C17H20BrClN2OS. The van der Waals surface area contributed by atoms with Crippen LogP contribution in [0.4, 0.5) is 0 Å². The molecule has 3 nitrogen and oxygen atoms in total. The van der Waals surface area contributed by atoms with Gasteiger partial charge in [-0.05, 0) is 46.1 Å². The van der Waals surface area contributed by atoms with Crippen LogP contribution in [-0.4, -0.2) is 30.4 Å². The van der Waals surface area contributed by atoms with E-state index >= 15 is 0 Å². The van der Waals surface area contributed by atoms with Crippen LogP contribution in [-0.2, 0) is 11.2 Å². The molecule has 0 spiro atoms. The first-order valence-electron chi connectivity index (χ1n) is 7.44. The van der Waals surface area contributed by atoms with E-state index in [1.807, 2.05) is 23.1 Å². The number of hydrogen-bond acceptors (Lipinski definition) is 3. The van der Waals surface area contributed by atoms with Crippen LogP contribution in [0.5, 0.6) is 0 Å². The lowest BCUT2D eigenvalue weighted by molar-refractivity contribution is -0.129. The molecular weight excluding hydrogens is 396 g/mol. The summed E-state index contributed by atoms with van der Waals surface area (Å²) in [5, 5.41) is 0. The molecule has 2 atom stereocenters. The minimum atomic E-state index is 0. The number of benzene rings is 1. The average molecular weight is 416 g/mol. The van der Waals surface area contributed by atoms with Crippen molar-refractivity contribution in [1.29, 1.82) is 0 Å². The van der Waals surface area contributed by atoms with Crippen LogP contribution in [0.3, 0.4) is 0 Å². The van der Waals surface area contributed by atoms with Crippen LogP contribution >= 0.6 is 39.7 Å². The predicted molar refractivity (Wildman–Crippen MR) is 101 cm³/mol. The summed E-state index contributed by atoms with van der Waals surface area (Å²) >= 11 is 5.07. The lowest BCUT2D eigenvalue weighted by Crippen LogP contribution is -2.30. The summed E-state index contributed by atoms with van der Waals surface area (Å²) < 4.78 is 1.07. The van der Waals surface area contributed by atoms with Gasteiger partial charge in [0.25, 0.3) is 0 Å². The third-order valence-corrected chi connectivity index (χ3v) is 5.90. The first-order valence-corrected chi connectivity index (χ1v) is 9.05. The predicted octanol–water partition coefficient (Wildman–Crippen LogP) is 3.68. The zero-order chi connectivity index (χ0) is 15.5. The van der Waals surface area contributed by atoms with E-state index < -0.39 is 0 Å². The van der Waals surface area contributed by atoms with Gasteiger partial charge >= 0.3 is 0 Å². The molecule has 1 aliphatic rings. The Morgan fingerprint density at radius 1 is 1.22 bits per heavy atom. The minimum Gasteiger partial charge on any atom is -0.341 e. The molecule has 1 fully saturated rings. The van der Waals surface area contributed by atoms with Gasteiger partial charge in [-0.25, -0.2) is 0 Å². The molecule has 1 amide bonds. The summed E-state index contributed by atoms with van der Waals surface area (Å²) in [6.45, 7) is 2.16. The van der Waals surface area contributed by atoms with Crippen molar-refractivity contribution in [3.8, 4) is 0 Å². The Labute approximate surface area is 155 Å². The molecule has 3 rings (SSSR count). The highest BCUT2D eigenvalue weighted by Gasteiger charge is 2.35. The molecule has 0 bridgehead atoms. The lowest BCUT2D eigenvalue weighted by atomic mass is 9.89. The number of likely N-dealkylation sites (tertiary alicyclic amines) is 1. The fraction of sp³-hybridized carbons (Fsp3) is 0.353. The van der Waals surface area contributed by atoms with Gasteiger partial charge in [0.05, 0.1) is 10.2 Å². The van der Waals surface area contributed by atoms with Gasteiger partial charge in [0.2, 0.25) is 5.91 Å². The maximum absolute atomic E-state index is 12.5. The first kappa shape index (κ1) is 18.5. The molecule has 124 valence electrons. The van der Waals surface area contributed by atoms with E-state index in [-0.39, 0.29) is 18.3 Å². The first-order chi connectivity index (χ1) is 10.7. The smallest absolute Gasteiger partial charge is 0.227 e. The molecule has 2 N–H and O–H groups in total. The molecule has 0 aliphatic carbocycles. The number of hydrogen-bond donors (Lipinski definition) is 1. The summed E-state index contributed by atoms with van der Waals surface area (Å²) in [5.41, 5.74) is 7.22. The summed E-state index contributed by atoms with van der Waals surface area (Å²) in [4.78, 5) is 15.6. The van der Waals surface area contributed by atoms with Crippen LogP contribution in [0.25, 0.3) is 0 Å². The normalized spacial score (nSPS) is 20.3. The van der Waals surface area contributed by atoms with Crippen molar-refractivity contribution in [1.82, 2.24) is 4.90 Å². The van der Waals surface area contributed by atoms with Gasteiger partial charge < -0.3 is 10.6 Å². The highest BCUT2D eigenvalue weighted by molar-refractivity contribution is 9.11. The Hall–Kier alpha value is -0.880. The van der Waals surface area contributed by atoms with E-state index in [0.717, 1.165) is 21.8 Å². The van der Waals surface area contributed by atoms with E-state index in [4.69, 9.17) is 5.73 Å². The summed E-state index contributed by atoms with van der Waals surface area (Å²) in [6.07, 6.45) is 0.481. The van der Waals surface area contributed by atoms with E-state index in [9.17, 15) is 4.79 Å². The molecule has 1 aromatic carbocycles. The fourth-order valence-electron chi connectivity index (χ4n) is 3.10. The summed E-state index contributed by atoms with van der Waals surface area (Å²) in [5.74, 6) is 0.901. The maximum atomic E-state index is 12.5. The van der Waals surface area contributed by atoms with Gasteiger partial charge in [0.15, 0.2) is 0 Å². The van der Waals surface area contributed by atoms with Crippen LogP contribution in [0, 0.1) is 5.92 Å². The SMILES string of the molecule is Cl.NC[C@@H]1CN(C(=O)Cc2ccc(Br)s2)C[C@H]1c1ccccc1. The van der Waals surface area contributed by atoms with Gasteiger partial charge in [-0.1, -0.05) is 30.3 Å². The number of thiophene rings is 1. The van der Waals surface area contributed by atoms with Crippen LogP contribution < -0.4 is 5.73 Å². The average Bonchev–Trinajstić information content (AvgIpc) is 3.14. The van der Waals surface area contributed by atoms with Crippen LogP contribution in [0.2, 0.25) is 0 Å². The highest BCUT2D eigenvalue weighted by Crippen LogP contribution is 2.32.